The van der Waals surface area contributed by atoms with Crippen LogP contribution in [-0.2, 0) is 9.47 Å². The van der Waals surface area contributed by atoms with Gasteiger partial charge >= 0.3 is 0 Å². The maximum Gasteiger partial charge on any atom is 0.126 e. The summed E-state index contributed by atoms with van der Waals surface area (Å²) in [6, 6.07) is 0. The van der Waals surface area contributed by atoms with E-state index in [0.717, 1.165) is 19.3 Å². The van der Waals surface area contributed by atoms with Gasteiger partial charge in [0, 0.05) is 0 Å². The Labute approximate surface area is 203 Å². The van der Waals surface area contributed by atoms with Crippen LogP contribution in [0.25, 0.3) is 0 Å². The number of aliphatic hydroxyl groups is 2. The third-order valence-electron chi connectivity index (χ3n) is 5.29. The summed E-state index contributed by atoms with van der Waals surface area (Å²) in [6.45, 7) is 18.7. The van der Waals surface area contributed by atoms with Gasteiger partial charge in [-0.15, -0.1) is 0 Å². The molecule has 0 saturated heterocycles. The Hall–Kier alpha value is -0.600. The van der Waals surface area contributed by atoms with Gasteiger partial charge in [0.25, 0.3) is 0 Å². The van der Waals surface area contributed by atoms with E-state index in [-0.39, 0.29) is 48.3 Å². The van der Waals surface area contributed by atoms with Crippen LogP contribution in [-0.4, -0.2) is 48.8 Å². The third-order valence-corrected chi connectivity index (χ3v) is 5.29. The van der Waals surface area contributed by atoms with Crippen molar-refractivity contribution in [1.82, 2.24) is 0 Å². The van der Waals surface area contributed by atoms with Crippen LogP contribution in [0.5, 0.6) is 0 Å². The van der Waals surface area contributed by atoms with Gasteiger partial charge in [0.05, 0.1) is 38.4 Å². The van der Waals surface area contributed by atoms with Crippen molar-refractivity contribution in [3.8, 4) is 11.8 Å². The van der Waals surface area contributed by atoms with Crippen molar-refractivity contribution in [1.29, 1.82) is 0 Å². The van der Waals surface area contributed by atoms with E-state index >= 15 is 0 Å². The summed E-state index contributed by atoms with van der Waals surface area (Å²) in [5, 5.41) is 18.3. The lowest BCUT2D eigenvalue weighted by atomic mass is 9.74. The van der Waals surface area contributed by atoms with E-state index in [0.29, 0.717) is 43.5 Å². The smallest absolute Gasteiger partial charge is 0.126 e. The van der Waals surface area contributed by atoms with Gasteiger partial charge in [-0.2, -0.15) is 0 Å². The molecule has 2 N–H and O–H groups in total. The normalized spacial score (nSPS) is 16.0. The molecule has 0 aliphatic rings. The fraction of sp³-hybridized carbons (Fsp3) is 0.929. The summed E-state index contributed by atoms with van der Waals surface area (Å²) in [6.07, 6.45) is 3.02. The van der Waals surface area contributed by atoms with E-state index in [1.807, 2.05) is 6.92 Å². The molecule has 198 valence electrons. The Morgan fingerprint density at radius 2 is 1.25 bits per heavy atom. The Morgan fingerprint density at radius 1 is 0.750 bits per heavy atom. The molecular formula is C28H62O4. The molecule has 0 heterocycles. The first-order valence-corrected chi connectivity index (χ1v) is 11.0. The largest absolute Gasteiger partial charge is 0.394 e. The molecule has 0 saturated carbocycles. The van der Waals surface area contributed by atoms with E-state index < -0.39 is 5.60 Å². The summed E-state index contributed by atoms with van der Waals surface area (Å²) in [5.74, 6) is 8.99. The highest BCUT2D eigenvalue weighted by Crippen LogP contribution is 2.33. The van der Waals surface area contributed by atoms with E-state index in [2.05, 4.69) is 60.3 Å². The van der Waals surface area contributed by atoms with Crippen molar-refractivity contribution in [2.24, 2.45) is 29.1 Å². The molecule has 0 rings (SSSR count). The van der Waals surface area contributed by atoms with Crippen molar-refractivity contribution in [3.63, 3.8) is 0 Å². The summed E-state index contributed by atoms with van der Waals surface area (Å²) in [4.78, 5) is 0. The standard InChI is InChI=1S/C24H46O4.4CH4/c1-19(2)15-21(5)17-24(8,28-14-12-26)10-9-23(7,18-27-13-11-25)22(6)16-20(3)4;;;;/h19-22,25-26H,11-18H2,1-8H3;4*1H4. The highest BCUT2D eigenvalue weighted by molar-refractivity contribution is 5.20. The quantitative estimate of drug-likeness (QED) is 0.214. The van der Waals surface area contributed by atoms with Crippen molar-refractivity contribution >= 4 is 0 Å². The predicted octanol–water partition coefficient (Wildman–Crippen LogP) is 7.07. The lowest BCUT2D eigenvalue weighted by Gasteiger charge is -2.33. The lowest BCUT2D eigenvalue weighted by molar-refractivity contribution is -0.0213. The Morgan fingerprint density at radius 3 is 1.69 bits per heavy atom. The summed E-state index contributed by atoms with van der Waals surface area (Å²) < 4.78 is 11.7. The molecule has 4 atom stereocenters. The van der Waals surface area contributed by atoms with Gasteiger partial charge in [-0.25, -0.2) is 0 Å². The van der Waals surface area contributed by atoms with E-state index in [1.165, 1.54) is 0 Å². The average Bonchev–Trinajstić information content (AvgIpc) is 2.57. The van der Waals surface area contributed by atoms with Gasteiger partial charge in [-0.1, -0.05) is 83.1 Å². The molecule has 4 nitrogen and oxygen atoms in total. The second-order valence-electron chi connectivity index (χ2n) is 9.72. The molecule has 0 amide bonds. The maximum absolute atomic E-state index is 9.25. The minimum atomic E-state index is -0.590. The average molecular weight is 463 g/mol. The molecular weight excluding hydrogens is 400 g/mol. The Kier molecular flexibility index (Phi) is 27.3. The van der Waals surface area contributed by atoms with Crippen LogP contribution < -0.4 is 0 Å². The van der Waals surface area contributed by atoms with Gasteiger partial charge < -0.3 is 19.7 Å². The number of hydrogen-bond acceptors (Lipinski definition) is 4. The molecule has 4 unspecified atom stereocenters. The zero-order valence-corrected chi connectivity index (χ0v) is 19.7. The van der Waals surface area contributed by atoms with Crippen molar-refractivity contribution in [3.05, 3.63) is 0 Å². The van der Waals surface area contributed by atoms with E-state index in [1.54, 1.807) is 0 Å². The van der Waals surface area contributed by atoms with Crippen LogP contribution in [0.2, 0.25) is 0 Å². The van der Waals surface area contributed by atoms with Crippen LogP contribution in [0, 0.1) is 40.9 Å². The summed E-state index contributed by atoms with van der Waals surface area (Å²) in [7, 11) is 0. The van der Waals surface area contributed by atoms with Crippen LogP contribution in [0.3, 0.4) is 0 Å². The monoisotopic (exact) mass is 462 g/mol. The summed E-state index contributed by atoms with van der Waals surface area (Å²) in [5.41, 5.74) is -0.905. The van der Waals surface area contributed by atoms with Gasteiger partial charge in [0.1, 0.15) is 5.60 Å². The first-order chi connectivity index (χ1) is 13.0. The fourth-order valence-corrected chi connectivity index (χ4v) is 3.86. The van der Waals surface area contributed by atoms with Gasteiger partial charge in [0.15, 0.2) is 0 Å². The zero-order chi connectivity index (χ0) is 21.8. The SMILES string of the molecule is C.C.C.C.CC(C)CC(C)CC(C)(C#CC(C)(COCCO)C(C)CC(C)C)OCCO. The first-order valence-electron chi connectivity index (χ1n) is 11.0. The van der Waals surface area contributed by atoms with Gasteiger partial charge in [-0.05, 0) is 56.8 Å². The molecule has 0 aromatic heterocycles. The number of aliphatic hydroxyl groups excluding tert-OH is 2. The molecule has 0 radical (unpaired) electrons. The highest BCUT2D eigenvalue weighted by atomic mass is 16.5. The topological polar surface area (TPSA) is 58.9 Å². The Balaban J connectivity index is -0.000000607. The van der Waals surface area contributed by atoms with Crippen molar-refractivity contribution in [2.75, 3.05) is 33.0 Å². The van der Waals surface area contributed by atoms with E-state index in [4.69, 9.17) is 14.6 Å². The van der Waals surface area contributed by atoms with Crippen LogP contribution in [0.4, 0.5) is 0 Å². The highest BCUT2D eigenvalue weighted by Gasteiger charge is 2.32. The van der Waals surface area contributed by atoms with Crippen molar-refractivity contribution < 1.29 is 19.7 Å². The molecule has 0 fully saturated rings. The second-order valence-corrected chi connectivity index (χ2v) is 9.72. The zero-order valence-electron chi connectivity index (χ0n) is 19.7. The van der Waals surface area contributed by atoms with Crippen LogP contribution in [0.15, 0.2) is 0 Å². The number of ether oxygens (including phenoxy) is 2. The summed E-state index contributed by atoms with van der Waals surface area (Å²) >= 11 is 0. The lowest BCUT2D eigenvalue weighted by Crippen LogP contribution is -2.34. The minimum Gasteiger partial charge on any atom is -0.394 e. The van der Waals surface area contributed by atoms with Crippen LogP contribution in [0.1, 0.15) is 104 Å². The predicted molar refractivity (Wildman–Crippen MR) is 144 cm³/mol. The second kappa shape index (κ2) is 21.0. The first kappa shape index (κ1) is 41.6. The fourth-order valence-electron chi connectivity index (χ4n) is 3.86. The number of hydrogen-bond donors (Lipinski definition) is 2. The molecule has 0 aliphatic heterocycles. The van der Waals surface area contributed by atoms with E-state index in [9.17, 15) is 5.11 Å². The van der Waals surface area contributed by atoms with Crippen LogP contribution >= 0.6 is 0 Å². The Bertz CT molecular complexity index is 466. The molecule has 0 bridgehead atoms. The van der Waals surface area contributed by atoms with Crippen molar-refractivity contribution in [2.45, 2.75) is 110 Å². The van der Waals surface area contributed by atoms with Gasteiger partial charge in [0.2, 0.25) is 0 Å². The minimum absolute atomic E-state index is 0. The van der Waals surface area contributed by atoms with Gasteiger partial charge in [-0.3, -0.25) is 0 Å². The molecule has 0 aromatic rings. The maximum atomic E-state index is 9.25. The third kappa shape index (κ3) is 17.9. The molecule has 0 aromatic carbocycles. The molecule has 0 spiro atoms. The molecule has 0 aliphatic carbocycles. The molecule has 32 heavy (non-hydrogen) atoms. The number of rotatable bonds is 14. The molecule has 4 heteroatoms.